The van der Waals surface area contributed by atoms with Crippen molar-refractivity contribution in [1.29, 1.82) is 0 Å². The lowest BCUT2D eigenvalue weighted by molar-refractivity contribution is -0.143. The summed E-state index contributed by atoms with van der Waals surface area (Å²) in [4.78, 5) is 13.6. The van der Waals surface area contributed by atoms with E-state index in [-0.39, 0.29) is 12.0 Å². The standard InChI is InChI=1S/C12H20N4O2S2/c1-16(2)11-14-15-12(20-11)19-7-6-9(10(17)18-3)13-8-4-5-8/h8-9,13H,4-7H2,1-3H3. The topological polar surface area (TPSA) is 67.3 Å². The largest absolute Gasteiger partial charge is 0.468 e. The van der Waals surface area contributed by atoms with E-state index in [1.165, 1.54) is 7.11 Å². The van der Waals surface area contributed by atoms with Gasteiger partial charge in [0.15, 0.2) is 4.34 Å². The van der Waals surface area contributed by atoms with Gasteiger partial charge in [0.05, 0.1) is 7.11 Å². The van der Waals surface area contributed by atoms with Crippen LogP contribution in [0.3, 0.4) is 0 Å². The van der Waals surface area contributed by atoms with Gasteiger partial charge in [-0.1, -0.05) is 23.1 Å². The van der Waals surface area contributed by atoms with Crippen LogP contribution >= 0.6 is 23.1 Å². The Labute approximate surface area is 127 Å². The number of ether oxygens (including phenoxy) is 1. The molecule has 20 heavy (non-hydrogen) atoms. The summed E-state index contributed by atoms with van der Waals surface area (Å²) < 4.78 is 5.77. The van der Waals surface area contributed by atoms with E-state index < -0.39 is 0 Å². The first kappa shape index (κ1) is 15.5. The van der Waals surface area contributed by atoms with Gasteiger partial charge in [-0.3, -0.25) is 4.79 Å². The maximum Gasteiger partial charge on any atom is 0.322 e. The first-order valence-corrected chi connectivity index (χ1v) is 8.38. The average molecular weight is 316 g/mol. The lowest BCUT2D eigenvalue weighted by atomic mass is 10.2. The molecular weight excluding hydrogens is 296 g/mol. The molecule has 1 aromatic heterocycles. The zero-order valence-corrected chi connectivity index (χ0v) is 13.6. The Hall–Kier alpha value is -0.860. The lowest BCUT2D eigenvalue weighted by Crippen LogP contribution is -2.39. The molecule has 0 aromatic carbocycles. The van der Waals surface area contributed by atoms with Crippen LogP contribution in [0.1, 0.15) is 19.3 Å². The van der Waals surface area contributed by atoms with Crippen molar-refractivity contribution in [1.82, 2.24) is 15.5 Å². The Morgan fingerprint density at radius 1 is 1.55 bits per heavy atom. The maximum atomic E-state index is 11.7. The smallest absolute Gasteiger partial charge is 0.322 e. The van der Waals surface area contributed by atoms with E-state index in [2.05, 4.69) is 15.5 Å². The Kier molecular flexibility index (Phi) is 5.62. The summed E-state index contributed by atoms with van der Waals surface area (Å²) in [5, 5.41) is 12.4. The van der Waals surface area contributed by atoms with Gasteiger partial charge in [-0.2, -0.15) is 0 Å². The first-order valence-electron chi connectivity index (χ1n) is 6.57. The number of rotatable bonds is 8. The third-order valence-corrected chi connectivity index (χ3v) is 5.17. The summed E-state index contributed by atoms with van der Waals surface area (Å²) in [6.07, 6.45) is 3.05. The van der Waals surface area contributed by atoms with Gasteiger partial charge in [0.25, 0.3) is 0 Å². The Balaban J connectivity index is 1.77. The van der Waals surface area contributed by atoms with Crippen molar-refractivity contribution < 1.29 is 9.53 Å². The van der Waals surface area contributed by atoms with E-state index in [0.717, 1.165) is 34.5 Å². The molecule has 1 N–H and O–H groups in total. The summed E-state index contributed by atoms with van der Waals surface area (Å²) in [7, 11) is 5.33. The maximum absolute atomic E-state index is 11.7. The van der Waals surface area contributed by atoms with E-state index in [9.17, 15) is 4.79 Å². The van der Waals surface area contributed by atoms with Crippen molar-refractivity contribution in [2.24, 2.45) is 0 Å². The summed E-state index contributed by atoms with van der Waals surface area (Å²) in [6, 6.07) is 0.284. The van der Waals surface area contributed by atoms with Crippen LogP contribution in [0, 0.1) is 0 Å². The third kappa shape index (κ3) is 4.60. The molecule has 0 bridgehead atoms. The molecule has 1 atom stereocenters. The van der Waals surface area contributed by atoms with E-state index in [0.29, 0.717) is 6.04 Å². The highest BCUT2D eigenvalue weighted by atomic mass is 32.2. The molecule has 2 rings (SSSR count). The molecule has 1 aliphatic carbocycles. The fraction of sp³-hybridized carbons (Fsp3) is 0.750. The molecule has 1 aromatic rings. The fourth-order valence-corrected chi connectivity index (χ4v) is 3.49. The number of carbonyl (C=O) groups is 1. The monoisotopic (exact) mass is 316 g/mol. The zero-order valence-electron chi connectivity index (χ0n) is 12.0. The Bertz CT molecular complexity index is 448. The van der Waals surface area contributed by atoms with E-state index in [1.807, 2.05) is 19.0 Å². The predicted octanol–water partition coefficient (Wildman–Crippen LogP) is 1.38. The number of esters is 1. The fourth-order valence-electron chi connectivity index (χ4n) is 1.65. The molecule has 0 spiro atoms. The third-order valence-electron chi connectivity index (χ3n) is 2.91. The van der Waals surface area contributed by atoms with Gasteiger partial charge < -0.3 is 15.0 Å². The zero-order chi connectivity index (χ0) is 14.5. The van der Waals surface area contributed by atoms with Gasteiger partial charge in [-0.05, 0) is 19.3 Å². The molecule has 1 fully saturated rings. The number of aromatic nitrogens is 2. The number of thioether (sulfide) groups is 1. The number of methoxy groups -OCH3 is 1. The van der Waals surface area contributed by atoms with Gasteiger partial charge in [0.1, 0.15) is 6.04 Å². The average Bonchev–Trinajstić information content (AvgIpc) is 3.11. The minimum Gasteiger partial charge on any atom is -0.468 e. The SMILES string of the molecule is COC(=O)C(CCSc1nnc(N(C)C)s1)NC1CC1. The molecule has 0 aliphatic heterocycles. The van der Waals surface area contributed by atoms with Crippen LogP contribution in [0.2, 0.25) is 0 Å². The van der Waals surface area contributed by atoms with Gasteiger partial charge in [0.2, 0.25) is 5.13 Å². The molecule has 1 heterocycles. The van der Waals surface area contributed by atoms with Gasteiger partial charge in [-0.25, -0.2) is 0 Å². The molecule has 1 aliphatic rings. The second-order valence-electron chi connectivity index (χ2n) is 4.90. The summed E-state index contributed by atoms with van der Waals surface area (Å²) >= 11 is 3.20. The molecule has 0 amide bonds. The van der Waals surface area contributed by atoms with Crippen LogP contribution in [-0.4, -0.2) is 55.2 Å². The normalized spacial score (nSPS) is 15.9. The van der Waals surface area contributed by atoms with Crippen LogP contribution in [0.15, 0.2) is 4.34 Å². The highest BCUT2D eigenvalue weighted by Crippen LogP contribution is 2.28. The van der Waals surface area contributed by atoms with E-state index in [4.69, 9.17) is 4.74 Å². The Morgan fingerprint density at radius 2 is 2.30 bits per heavy atom. The molecule has 1 unspecified atom stereocenters. The molecule has 8 heteroatoms. The van der Waals surface area contributed by atoms with Crippen LogP contribution in [0.25, 0.3) is 0 Å². The number of nitrogens with one attached hydrogen (secondary N) is 1. The highest BCUT2D eigenvalue weighted by Gasteiger charge is 2.28. The van der Waals surface area contributed by atoms with Crippen molar-refractivity contribution >= 4 is 34.2 Å². The molecular formula is C12H20N4O2S2. The van der Waals surface area contributed by atoms with Crippen LogP contribution in [0.4, 0.5) is 5.13 Å². The quantitative estimate of drug-likeness (QED) is 0.574. The minimum absolute atomic E-state index is 0.177. The number of anilines is 1. The van der Waals surface area contributed by atoms with Crippen molar-refractivity contribution in [3.05, 3.63) is 0 Å². The van der Waals surface area contributed by atoms with Gasteiger partial charge in [-0.15, -0.1) is 10.2 Å². The van der Waals surface area contributed by atoms with Crippen LogP contribution in [0.5, 0.6) is 0 Å². The van der Waals surface area contributed by atoms with Crippen molar-refractivity contribution in [3.8, 4) is 0 Å². The number of carbonyl (C=O) groups excluding carboxylic acids is 1. The Morgan fingerprint density at radius 3 is 2.85 bits per heavy atom. The minimum atomic E-state index is -0.207. The first-order chi connectivity index (χ1) is 9.60. The second kappa shape index (κ2) is 7.24. The summed E-state index contributed by atoms with van der Waals surface area (Å²) in [5.74, 6) is 0.644. The van der Waals surface area contributed by atoms with E-state index in [1.54, 1.807) is 23.1 Å². The van der Waals surface area contributed by atoms with Crippen molar-refractivity contribution in [2.75, 3.05) is 31.9 Å². The van der Waals surface area contributed by atoms with Gasteiger partial charge in [0, 0.05) is 25.9 Å². The van der Waals surface area contributed by atoms with Crippen molar-refractivity contribution in [3.63, 3.8) is 0 Å². The predicted molar refractivity (Wildman–Crippen MR) is 81.5 cm³/mol. The summed E-state index contributed by atoms with van der Waals surface area (Å²) in [6.45, 7) is 0. The molecule has 1 saturated carbocycles. The molecule has 0 radical (unpaired) electrons. The number of hydrogen-bond acceptors (Lipinski definition) is 8. The second-order valence-corrected chi connectivity index (χ2v) is 7.20. The highest BCUT2D eigenvalue weighted by molar-refractivity contribution is 8.01. The molecule has 6 nitrogen and oxygen atoms in total. The van der Waals surface area contributed by atoms with Crippen molar-refractivity contribution in [2.45, 2.75) is 35.7 Å². The summed E-state index contributed by atoms with van der Waals surface area (Å²) in [5.41, 5.74) is 0. The molecule has 0 saturated heterocycles. The number of nitrogens with zero attached hydrogens (tertiary/aromatic N) is 3. The van der Waals surface area contributed by atoms with Crippen LogP contribution < -0.4 is 10.2 Å². The lowest BCUT2D eigenvalue weighted by Gasteiger charge is -2.15. The van der Waals surface area contributed by atoms with Crippen LogP contribution in [-0.2, 0) is 9.53 Å². The van der Waals surface area contributed by atoms with Gasteiger partial charge >= 0.3 is 5.97 Å². The molecule has 112 valence electrons. The number of hydrogen-bond donors (Lipinski definition) is 1. The van der Waals surface area contributed by atoms with E-state index >= 15 is 0 Å².